The lowest BCUT2D eigenvalue weighted by molar-refractivity contribution is -0.386. The van der Waals surface area contributed by atoms with E-state index in [1.807, 2.05) is 31.2 Å². The van der Waals surface area contributed by atoms with Crippen molar-refractivity contribution in [3.8, 4) is 0 Å². The summed E-state index contributed by atoms with van der Waals surface area (Å²) in [6, 6.07) is 10.9. The Kier molecular flexibility index (Phi) is 4.56. The zero-order valence-electron chi connectivity index (χ0n) is 12.8. The third-order valence-electron chi connectivity index (χ3n) is 3.64. The van der Waals surface area contributed by atoms with E-state index in [0.717, 1.165) is 11.1 Å². The van der Waals surface area contributed by atoms with Gasteiger partial charge in [-0.25, -0.2) is 0 Å². The Bertz CT molecular complexity index is 715. The predicted octanol–water partition coefficient (Wildman–Crippen LogP) is 3.45. The van der Waals surface area contributed by atoms with Crippen molar-refractivity contribution in [3.05, 3.63) is 74.3 Å². The molecule has 0 radical (unpaired) electrons. The SMILES string of the molecule is Cc1ccccc1CNC(=O)c1cc(C)c([N+](=O)[O-])c(C)c1. The van der Waals surface area contributed by atoms with Crippen molar-refractivity contribution >= 4 is 11.6 Å². The minimum Gasteiger partial charge on any atom is -0.348 e. The highest BCUT2D eigenvalue weighted by atomic mass is 16.6. The van der Waals surface area contributed by atoms with E-state index in [1.165, 1.54) is 0 Å². The molecule has 0 aliphatic heterocycles. The maximum Gasteiger partial charge on any atom is 0.275 e. The number of aryl methyl sites for hydroxylation is 3. The molecule has 114 valence electrons. The van der Waals surface area contributed by atoms with Crippen LogP contribution in [-0.4, -0.2) is 10.8 Å². The molecule has 0 aliphatic rings. The lowest BCUT2D eigenvalue weighted by Crippen LogP contribution is -2.23. The Hall–Kier alpha value is -2.69. The summed E-state index contributed by atoms with van der Waals surface area (Å²) in [7, 11) is 0. The Balaban J connectivity index is 2.17. The zero-order chi connectivity index (χ0) is 16.3. The van der Waals surface area contributed by atoms with Crippen LogP contribution in [0.25, 0.3) is 0 Å². The van der Waals surface area contributed by atoms with E-state index in [0.29, 0.717) is 23.2 Å². The zero-order valence-corrected chi connectivity index (χ0v) is 12.8. The van der Waals surface area contributed by atoms with Gasteiger partial charge in [0.1, 0.15) is 0 Å². The molecule has 0 saturated heterocycles. The van der Waals surface area contributed by atoms with Gasteiger partial charge in [-0.3, -0.25) is 14.9 Å². The molecule has 22 heavy (non-hydrogen) atoms. The van der Waals surface area contributed by atoms with Crippen molar-refractivity contribution in [2.45, 2.75) is 27.3 Å². The van der Waals surface area contributed by atoms with Gasteiger partial charge in [0.2, 0.25) is 0 Å². The summed E-state index contributed by atoms with van der Waals surface area (Å²) in [5, 5.41) is 13.8. The molecule has 0 unspecified atom stereocenters. The van der Waals surface area contributed by atoms with Crippen molar-refractivity contribution in [1.82, 2.24) is 5.32 Å². The van der Waals surface area contributed by atoms with Gasteiger partial charge in [-0.05, 0) is 44.0 Å². The number of hydrogen-bond donors (Lipinski definition) is 1. The predicted molar refractivity (Wildman–Crippen MR) is 84.9 cm³/mol. The number of carbonyl (C=O) groups excluding carboxylic acids is 1. The molecule has 0 spiro atoms. The molecule has 2 rings (SSSR count). The van der Waals surface area contributed by atoms with Gasteiger partial charge in [0, 0.05) is 23.2 Å². The topological polar surface area (TPSA) is 72.2 Å². The summed E-state index contributed by atoms with van der Waals surface area (Å²) in [5.74, 6) is -0.232. The summed E-state index contributed by atoms with van der Waals surface area (Å²) < 4.78 is 0. The second kappa shape index (κ2) is 6.39. The number of rotatable bonds is 4. The smallest absolute Gasteiger partial charge is 0.275 e. The molecule has 0 bridgehead atoms. The molecule has 0 heterocycles. The molecule has 0 aromatic heterocycles. The third kappa shape index (κ3) is 3.31. The van der Waals surface area contributed by atoms with Crippen LogP contribution in [0.3, 0.4) is 0 Å². The maximum absolute atomic E-state index is 12.2. The van der Waals surface area contributed by atoms with Gasteiger partial charge in [0.25, 0.3) is 11.6 Å². The highest BCUT2D eigenvalue weighted by Gasteiger charge is 2.18. The van der Waals surface area contributed by atoms with E-state index in [9.17, 15) is 14.9 Å². The number of nitrogens with one attached hydrogen (secondary N) is 1. The summed E-state index contributed by atoms with van der Waals surface area (Å²) in [6.07, 6.45) is 0. The van der Waals surface area contributed by atoms with E-state index >= 15 is 0 Å². The molecular formula is C17H18N2O3. The van der Waals surface area contributed by atoms with Crippen molar-refractivity contribution in [2.24, 2.45) is 0 Å². The molecule has 0 atom stereocenters. The first-order valence-corrected chi connectivity index (χ1v) is 6.98. The fourth-order valence-corrected chi connectivity index (χ4v) is 2.46. The quantitative estimate of drug-likeness (QED) is 0.694. The number of benzene rings is 2. The van der Waals surface area contributed by atoms with Gasteiger partial charge in [-0.1, -0.05) is 24.3 Å². The van der Waals surface area contributed by atoms with Crippen molar-refractivity contribution in [2.75, 3.05) is 0 Å². The van der Waals surface area contributed by atoms with Crippen molar-refractivity contribution in [1.29, 1.82) is 0 Å². The molecule has 2 aromatic rings. The van der Waals surface area contributed by atoms with Gasteiger partial charge >= 0.3 is 0 Å². The Morgan fingerprint density at radius 3 is 2.23 bits per heavy atom. The van der Waals surface area contributed by atoms with Crippen LogP contribution in [0.15, 0.2) is 36.4 Å². The fraction of sp³-hybridized carbons (Fsp3) is 0.235. The standard InChI is InChI=1S/C17H18N2O3/c1-11-6-4-5-7-14(11)10-18-17(20)15-8-12(2)16(19(21)22)13(3)9-15/h4-9H,10H2,1-3H3,(H,18,20). The lowest BCUT2D eigenvalue weighted by atomic mass is 10.0. The van der Waals surface area contributed by atoms with Gasteiger partial charge in [-0.15, -0.1) is 0 Å². The number of amides is 1. The van der Waals surface area contributed by atoms with Crippen LogP contribution in [-0.2, 0) is 6.54 Å². The summed E-state index contributed by atoms with van der Waals surface area (Å²) in [5.41, 5.74) is 3.65. The van der Waals surface area contributed by atoms with Crippen LogP contribution < -0.4 is 5.32 Å². The second-order valence-electron chi connectivity index (χ2n) is 5.32. The molecule has 2 aromatic carbocycles. The minimum absolute atomic E-state index is 0.0652. The summed E-state index contributed by atoms with van der Waals surface area (Å²) in [6.45, 7) is 5.70. The number of hydrogen-bond acceptors (Lipinski definition) is 3. The van der Waals surface area contributed by atoms with E-state index in [2.05, 4.69) is 5.32 Å². The second-order valence-corrected chi connectivity index (χ2v) is 5.32. The van der Waals surface area contributed by atoms with Crippen molar-refractivity contribution in [3.63, 3.8) is 0 Å². The van der Waals surface area contributed by atoms with Crippen LogP contribution in [0, 0.1) is 30.9 Å². The summed E-state index contributed by atoms with van der Waals surface area (Å²) in [4.78, 5) is 22.8. The Morgan fingerprint density at radius 1 is 1.09 bits per heavy atom. The van der Waals surface area contributed by atoms with E-state index in [1.54, 1.807) is 26.0 Å². The minimum atomic E-state index is -0.417. The molecule has 0 fully saturated rings. The van der Waals surface area contributed by atoms with Gasteiger partial charge in [0.05, 0.1) is 4.92 Å². The highest BCUT2D eigenvalue weighted by Crippen LogP contribution is 2.24. The first-order valence-electron chi connectivity index (χ1n) is 6.98. The molecular weight excluding hydrogens is 280 g/mol. The van der Waals surface area contributed by atoms with Crippen LogP contribution in [0.2, 0.25) is 0 Å². The van der Waals surface area contributed by atoms with Crippen LogP contribution in [0.4, 0.5) is 5.69 Å². The third-order valence-corrected chi connectivity index (χ3v) is 3.64. The maximum atomic E-state index is 12.2. The van der Waals surface area contributed by atoms with Crippen LogP contribution >= 0.6 is 0 Å². The fourth-order valence-electron chi connectivity index (χ4n) is 2.46. The normalized spacial score (nSPS) is 10.3. The van der Waals surface area contributed by atoms with E-state index < -0.39 is 4.92 Å². The number of nitro groups is 1. The number of nitrogens with zero attached hydrogens (tertiary/aromatic N) is 1. The average molecular weight is 298 g/mol. The molecule has 1 N–H and O–H groups in total. The Morgan fingerprint density at radius 2 is 1.68 bits per heavy atom. The lowest BCUT2D eigenvalue weighted by Gasteiger charge is -2.09. The van der Waals surface area contributed by atoms with Gasteiger partial charge < -0.3 is 5.32 Å². The molecule has 5 heteroatoms. The van der Waals surface area contributed by atoms with Gasteiger partial charge in [-0.2, -0.15) is 0 Å². The van der Waals surface area contributed by atoms with Gasteiger partial charge in [0.15, 0.2) is 0 Å². The number of carbonyl (C=O) groups is 1. The van der Waals surface area contributed by atoms with Crippen molar-refractivity contribution < 1.29 is 9.72 Å². The van der Waals surface area contributed by atoms with E-state index in [-0.39, 0.29) is 11.6 Å². The monoisotopic (exact) mass is 298 g/mol. The molecule has 0 saturated carbocycles. The van der Waals surface area contributed by atoms with Crippen LogP contribution in [0.1, 0.15) is 32.6 Å². The average Bonchev–Trinajstić information content (AvgIpc) is 2.44. The molecule has 1 amide bonds. The summed E-state index contributed by atoms with van der Waals surface area (Å²) >= 11 is 0. The molecule has 0 aliphatic carbocycles. The van der Waals surface area contributed by atoms with Crippen LogP contribution in [0.5, 0.6) is 0 Å². The number of nitro benzene ring substituents is 1. The highest BCUT2D eigenvalue weighted by molar-refractivity contribution is 5.95. The van der Waals surface area contributed by atoms with E-state index in [4.69, 9.17) is 0 Å². The first kappa shape index (κ1) is 15.7. The molecule has 5 nitrogen and oxygen atoms in total. The Labute approximate surface area is 129 Å². The largest absolute Gasteiger partial charge is 0.348 e. The first-order chi connectivity index (χ1) is 10.4.